The van der Waals surface area contributed by atoms with Crippen LogP contribution in [0.3, 0.4) is 0 Å². The van der Waals surface area contributed by atoms with Crippen molar-refractivity contribution in [2.24, 2.45) is 0 Å². The summed E-state index contributed by atoms with van der Waals surface area (Å²) in [4.78, 5) is 14.0. The van der Waals surface area contributed by atoms with E-state index >= 15 is 0 Å². The predicted molar refractivity (Wildman–Crippen MR) is 233 cm³/mol. The average molecular weight is 731 g/mol. The molecular formula is C48H66N4O2. The van der Waals surface area contributed by atoms with E-state index in [2.05, 4.69) is 119 Å². The third-order valence-electron chi connectivity index (χ3n) is 10.2. The van der Waals surface area contributed by atoms with Crippen molar-refractivity contribution in [2.45, 2.75) is 103 Å². The minimum absolute atomic E-state index is 0.327. The fourth-order valence-electron chi connectivity index (χ4n) is 6.75. The number of rotatable bonds is 27. The molecule has 0 spiro atoms. The van der Waals surface area contributed by atoms with Gasteiger partial charge < -0.3 is 20.0 Å². The van der Waals surface area contributed by atoms with Gasteiger partial charge in [0.15, 0.2) is 0 Å². The molecule has 2 aromatic heterocycles. The molecule has 0 unspecified atom stereocenters. The lowest BCUT2D eigenvalue weighted by Crippen LogP contribution is -2.18. The summed E-state index contributed by atoms with van der Waals surface area (Å²) in [6.07, 6.45) is 31.8. The van der Waals surface area contributed by atoms with Gasteiger partial charge in [-0.3, -0.25) is 9.97 Å². The van der Waals surface area contributed by atoms with Crippen molar-refractivity contribution < 1.29 is 10.2 Å². The second kappa shape index (κ2) is 25.7. The number of aromatic nitrogens is 2. The molecule has 0 bridgehead atoms. The van der Waals surface area contributed by atoms with Gasteiger partial charge in [0.2, 0.25) is 0 Å². The van der Waals surface area contributed by atoms with Gasteiger partial charge in [-0.05, 0) is 96.5 Å². The zero-order valence-electron chi connectivity index (χ0n) is 33.2. The fourth-order valence-corrected chi connectivity index (χ4v) is 6.75. The lowest BCUT2D eigenvalue weighted by molar-refractivity contribution is 0.282. The van der Waals surface area contributed by atoms with E-state index in [-0.39, 0.29) is 0 Å². The smallest absolute Gasteiger partial charge is 0.0892 e. The number of hydrogen-bond acceptors (Lipinski definition) is 6. The summed E-state index contributed by atoms with van der Waals surface area (Å²) in [5.74, 6) is 0. The first-order valence-electron chi connectivity index (χ1n) is 20.7. The molecule has 4 aromatic rings. The van der Waals surface area contributed by atoms with E-state index in [9.17, 15) is 0 Å². The summed E-state index contributed by atoms with van der Waals surface area (Å²) < 4.78 is 0. The van der Waals surface area contributed by atoms with Crippen molar-refractivity contribution in [3.8, 4) is 11.4 Å². The second-order valence-electron chi connectivity index (χ2n) is 14.7. The molecule has 2 aromatic carbocycles. The molecule has 0 aliphatic rings. The first-order valence-corrected chi connectivity index (χ1v) is 20.7. The van der Waals surface area contributed by atoms with Crippen molar-refractivity contribution in [2.75, 3.05) is 50.2 Å². The fraction of sp³-hybridized carbons (Fsp3) is 0.458. The second-order valence-corrected chi connectivity index (χ2v) is 14.7. The number of pyridine rings is 2. The van der Waals surface area contributed by atoms with Crippen molar-refractivity contribution in [3.63, 3.8) is 0 Å². The molecular weight excluding hydrogens is 665 g/mol. The summed E-state index contributed by atoms with van der Waals surface area (Å²) in [5, 5.41) is 17.8. The molecule has 0 amide bonds. The van der Waals surface area contributed by atoms with E-state index < -0.39 is 0 Å². The number of benzene rings is 2. The number of aliphatic hydroxyl groups is 2. The van der Waals surface area contributed by atoms with Crippen LogP contribution in [-0.2, 0) is 0 Å². The highest BCUT2D eigenvalue weighted by atomic mass is 16.3. The van der Waals surface area contributed by atoms with Gasteiger partial charge in [0.25, 0.3) is 0 Å². The van der Waals surface area contributed by atoms with Gasteiger partial charge in [-0.1, -0.05) is 126 Å². The first-order chi connectivity index (χ1) is 26.6. The van der Waals surface area contributed by atoms with Gasteiger partial charge in [0.05, 0.1) is 11.4 Å². The van der Waals surface area contributed by atoms with Crippen molar-refractivity contribution in [3.05, 3.63) is 107 Å². The Morgan fingerprint density at radius 1 is 0.407 bits per heavy atom. The monoisotopic (exact) mass is 731 g/mol. The van der Waals surface area contributed by atoms with Crippen LogP contribution in [0.5, 0.6) is 0 Å². The Bertz CT molecular complexity index is 1510. The van der Waals surface area contributed by atoms with Crippen molar-refractivity contribution in [1.29, 1.82) is 0 Å². The maximum absolute atomic E-state index is 8.89. The van der Waals surface area contributed by atoms with Crippen molar-refractivity contribution >= 4 is 35.7 Å². The molecule has 0 atom stereocenters. The van der Waals surface area contributed by atoms with Crippen LogP contribution in [0.15, 0.2) is 85.2 Å². The molecule has 54 heavy (non-hydrogen) atoms. The van der Waals surface area contributed by atoms with Gasteiger partial charge in [0, 0.05) is 64.2 Å². The Morgan fingerprint density at radius 3 is 1.07 bits per heavy atom. The Hall–Kier alpha value is -4.26. The molecule has 0 saturated carbocycles. The number of hydrogen-bond donors (Lipinski definition) is 2. The first kappa shape index (κ1) is 42.5. The van der Waals surface area contributed by atoms with E-state index in [0.29, 0.717) is 13.2 Å². The predicted octanol–water partition coefficient (Wildman–Crippen LogP) is 11.6. The molecule has 0 aliphatic carbocycles. The molecule has 4 rings (SSSR count). The minimum atomic E-state index is 0.327. The molecule has 0 saturated heterocycles. The normalized spacial score (nSPS) is 11.6. The highest BCUT2D eigenvalue weighted by Crippen LogP contribution is 2.22. The molecule has 0 radical (unpaired) electrons. The van der Waals surface area contributed by atoms with Crippen LogP contribution in [0.2, 0.25) is 0 Å². The van der Waals surface area contributed by atoms with Crippen LogP contribution in [-0.4, -0.2) is 60.6 Å². The molecule has 290 valence electrons. The molecule has 6 nitrogen and oxygen atoms in total. The number of unbranched alkanes of at least 4 members (excludes halogenated alkanes) is 14. The lowest BCUT2D eigenvalue weighted by atomic mass is 10.1. The molecule has 0 fully saturated rings. The van der Waals surface area contributed by atoms with E-state index in [1.165, 1.54) is 99.6 Å². The van der Waals surface area contributed by atoms with E-state index in [0.717, 1.165) is 61.3 Å². The number of aliphatic hydroxyl groups excluding tert-OH is 2. The van der Waals surface area contributed by atoms with Crippen LogP contribution in [0, 0.1) is 0 Å². The summed E-state index contributed by atoms with van der Waals surface area (Å²) in [5.41, 5.74) is 8.74. The van der Waals surface area contributed by atoms with Crippen LogP contribution in [0.4, 0.5) is 11.4 Å². The summed E-state index contributed by atoms with van der Waals surface area (Å²) >= 11 is 0. The minimum Gasteiger partial charge on any atom is -0.396 e. The Morgan fingerprint density at radius 2 is 0.722 bits per heavy atom. The Kier molecular flexibility index (Phi) is 20.2. The Balaban J connectivity index is 1.21. The van der Waals surface area contributed by atoms with E-state index in [4.69, 9.17) is 10.2 Å². The zero-order valence-corrected chi connectivity index (χ0v) is 33.2. The molecule has 6 heteroatoms. The highest BCUT2D eigenvalue weighted by molar-refractivity contribution is 5.74. The number of nitrogens with zero attached hydrogens (tertiary/aromatic N) is 4. The van der Waals surface area contributed by atoms with Crippen LogP contribution >= 0.6 is 0 Å². The topological polar surface area (TPSA) is 72.7 Å². The van der Waals surface area contributed by atoms with Crippen LogP contribution in [0.1, 0.15) is 125 Å². The van der Waals surface area contributed by atoms with Gasteiger partial charge in [-0.15, -0.1) is 0 Å². The van der Waals surface area contributed by atoms with E-state index in [1.807, 2.05) is 24.5 Å². The van der Waals surface area contributed by atoms with Crippen molar-refractivity contribution in [1.82, 2.24) is 9.97 Å². The van der Waals surface area contributed by atoms with Gasteiger partial charge in [-0.2, -0.15) is 0 Å². The van der Waals surface area contributed by atoms with Gasteiger partial charge in [-0.25, -0.2) is 0 Å². The zero-order chi connectivity index (χ0) is 38.1. The SMILES string of the molecule is CN(CCCCCCCCCCO)c1ccc(/C=C/c2ccnc(-c3cc(/C=C/c4ccc(N(C)CCCCCCCCCCO)cc4)ccn3)c2)cc1. The van der Waals surface area contributed by atoms with Crippen LogP contribution in [0.25, 0.3) is 35.7 Å². The van der Waals surface area contributed by atoms with Gasteiger partial charge in [0.1, 0.15) is 0 Å². The molecule has 0 aliphatic heterocycles. The highest BCUT2D eigenvalue weighted by Gasteiger charge is 2.05. The summed E-state index contributed by atoms with van der Waals surface area (Å²) in [6, 6.07) is 25.9. The number of anilines is 2. The third kappa shape index (κ3) is 16.4. The van der Waals surface area contributed by atoms with Gasteiger partial charge >= 0.3 is 0 Å². The Labute approximate surface area is 326 Å². The summed E-state index contributed by atoms with van der Waals surface area (Å²) in [6.45, 7) is 2.80. The average Bonchev–Trinajstić information content (AvgIpc) is 3.21. The molecule has 2 heterocycles. The third-order valence-corrected chi connectivity index (χ3v) is 10.2. The standard InChI is InChI=1S/C48H66N4O2/c1-51(35-15-11-7-3-5-9-13-17-37-53)45-27-23-41(24-28-45)19-21-43-31-33-49-47(39-43)48-40-44(32-34-50-48)22-20-42-25-29-46(30-26-42)52(2)36-16-12-8-4-6-10-14-18-38-54/h19-34,39-40,53-54H,3-18,35-38H2,1-2H3/b21-19+,22-20+. The van der Waals surface area contributed by atoms with E-state index in [1.54, 1.807) is 0 Å². The lowest BCUT2D eigenvalue weighted by Gasteiger charge is -2.19. The van der Waals surface area contributed by atoms with Crippen LogP contribution < -0.4 is 9.80 Å². The maximum atomic E-state index is 8.89. The maximum Gasteiger partial charge on any atom is 0.0892 e. The summed E-state index contributed by atoms with van der Waals surface area (Å²) in [7, 11) is 4.37. The molecule has 2 N–H and O–H groups in total. The quantitative estimate of drug-likeness (QED) is 0.0595. The largest absolute Gasteiger partial charge is 0.396 e.